The Bertz CT molecular complexity index is 433. The molecule has 2 aliphatic rings. The Labute approximate surface area is 122 Å². The number of rotatable bonds is 2. The Balaban J connectivity index is 1.78. The van der Waals surface area contributed by atoms with Gasteiger partial charge >= 0.3 is 0 Å². The van der Waals surface area contributed by atoms with Crippen LogP contribution < -0.4 is 9.47 Å². The van der Waals surface area contributed by atoms with E-state index in [1.807, 2.05) is 41.7 Å². The highest BCUT2D eigenvalue weighted by Crippen LogP contribution is 2.37. The second kappa shape index (κ2) is 6.29. The third kappa shape index (κ3) is 3.15. The maximum atomic E-state index is 10.5. The van der Waals surface area contributed by atoms with E-state index in [1.165, 1.54) is 5.75 Å². The first kappa shape index (κ1) is 13.5. The molecule has 0 bridgehead atoms. The molecule has 2 atom stereocenters. The molecule has 0 amide bonds. The van der Waals surface area contributed by atoms with Crippen LogP contribution >= 0.6 is 23.5 Å². The lowest BCUT2D eigenvalue weighted by Gasteiger charge is -2.26. The standard InChI is InChI=1S/C14H18O3S2/c15-14(13-9-18-6-7-19-13)10-2-3-11-12(8-10)17-5-1-4-16-11/h2-3,8,13-15H,1,4-7,9H2. The Morgan fingerprint density at radius 2 is 2.00 bits per heavy atom. The van der Waals surface area contributed by atoms with Crippen molar-refractivity contribution in [2.75, 3.05) is 30.5 Å². The molecule has 1 fully saturated rings. The third-order valence-electron chi connectivity index (χ3n) is 3.31. The number of fused-ring (bicyclic) bond motifs is 1. The molecule has 0 radical (unpaired) electrons. The van der Waals surface area contributed by atoms with Crippen molar-refractivity contribution in [1.29, 1.82) is 0 Å². The van der Waals surface area contributed by atoms with Gasteiger partial charge in [-0.05, 0) is 17.7 Å². The van der Waals surface area contributed by atoms with E-state index in [0.717, 1.165) is 35.0 Å². The van der Waals surface area contributed by atoms with Crippen LogP contribution in [0.5, 0.6) is 11.5 Å². The molecule has 2 aliphatic heterocycles. The van der Waals surface area contributed by atoms with Crippen LogP contribution in [-0.4, -0.2) is 40.8 Å². The number of aliphatic hydroxyl groups is 1. The number of ether oxygens (including phenoxy) is 2. The smallest absolute Gasteiger partial charge is 0.161 e. The average Bonchev–Trinajstić information content (AvgIpc) is 2.72. The predicted octanol–water partition coefficient (Wildman–Crippen LogP) is 2.73. The minimum absolute atomic E-state index is 0.281. The molecule has 0 aliphatic carbocycles. The molecule has 2 heterocycles. The van der Waals surface area contributed by atoms with Crippen LogP contribution in [0.3, 0.4) is 0 Å². The summed E-state index contributed by atoms with van der Waals surface area (Å²) in [7, 11) is 0. The van der Waals surface area contributed by atoms with Crippen molar-refractivity contribution in [3.05, 3.63) is 23.8 Å². The van der Waals surface area contributed by atoms with Gasteiger partial charge in [0.1, 0.15) is 0 Å². The van der Waals surface area contributed by atoms with Crippen molar-refractivity contribution >= 4 is 23.5 Å². The molecule has 5 heteroatoms. The summed E-state index contributed by atoms with van der Waals surface area (Å²) in [5.41, 5.74) is 0.934. The minimum Gasteiger partial charge on any atom is -0.490 e. The van der Waals surface area contributed by atoms with Crippen LogP contribution in [0.4, 0.5) is 0 Å². The summed E-state index contributed by atoms with van der Waals surface area (Å²) in [6.07, 6.45) is 0.483. The molecule has 1 N–H and O–H groups in total. The lowest BCUT2D eigenvalue weighted by Crippen LogP contribution is -2.22. The van der Waals surface area contributed by atoms with E-state index in [0.29, 0.717) is 13.2 Å². The summed E-state index contributed by atoms with van der Waals surface area (Å²) >= 11 is 3.79. The number of benzene rings is 1. The molecule has 2 unspecified atom stereocenters. The van der Waals surface area contributed by atoms with Gasteiger partial charge in [-0.2, -0.15) is 23.5 Å². The van der Waals surface area contributed by atoms with E-state index in [9.17, 15) is 5.11 Å². The first-order valence-corrected chi connectivity index (χ1v) is 8.82. The topological polar surface area (TPSA) is 38.7 Å². The van der Waals surface area contributed by atoms with E-state index in [-0.39, 0.29) is 5.25 Å². The van der Waals surface area contributed by atoms with Gasteiger partial charge in [0, 0.05) is 28.9 Å². The predicted molar refractivity (Wildman–Crippen MR) is 80.6 cm³/mol. The number of hydrogen-bond acceptors (Lipinski definition) is 5. The highest BCUT2D eigenvalue weighted by Gasteiger charge is 2.25. The Kier molecular flexibility index (Phi) is 4.45. The van der Waals surface area contributed by atoms with Crippen molar-refractivity contribution in [3.63, 3.8) is 0 Å². The number of thioether (sulfide) groups is 2. The second-order valence-electron chi connectivity index (χ2n) is 4.69. The van der Waals surface area contributed by atoms with Gasteiger partial charge in [-0.15, -0.1) is 0 Å². The molecular formula is C14H18O3S2. The fourth-order valence-electron chi connectivity index (χ4n) is 2.27. The molecular weight excluding hydrogens is 280 g/mol. The maximum absolute atomic E-state index is 10.5. The summed E-state index contributed by atoms with van der Waals surface area (Å²) in [4.78, 5) is 0. The highest BCUT2D eigenvalue weighted by atomic mass is 32.2. The molecule has 3 rings (SSSR count). The van der Waals surface area contributed by atoms with Crippen LogP contribution in [0.2, 0.25) is 0 Å². The monoisotopic (exact) mass is 298 g/mol. The number of hydrogen-bond donors (Lipinski definition) is 1. The Morgan fingerprint density at radius 3 is 2.79 bits per heavy atom. The van der Waals surface area contributed by atoms with Crippen molar-refractivity contribution in [3.8, 4) is 11.5 Å². The van der Waals surface area contributed by atoms with E-state index in [4.69, 9.17) is 9.47 Å². The van der Waals surface area contributed by atoms with Crippen molar-refractivity contribution in [2.24, 2.45) is 0 Å². The van der Waals surface area contributed by atoms with E-state index >= 15 is 0 Å². The second-order valence-corrected chi connectivity index (χ2v) is 7.18. The van der Waals surface area contributed by atoms with Gasteiger partial charge in [-0.1, -0.05) is 6.07 Å². The largest absolute Gasteiger partial charge is 0.490 e. The minimum atomic E-state index is -0.421. The first-order valence-electron chi connectivity index (χ1n) is 6.61. The molecule has 1 aromatic rings. The quantitative estimate of drug-likeness (QED) is 0.909. The molecule has 0 aromatic heterocycles. The van der Waals surface area contributed by atoms with Gasteiger partial charge in [0.25, 0.3) is 0 Å². The molecule has 1 aromatic carbocycles. The SMILES string of the molecule is OC(c1ccc2c(c1)OCCCO2)C1CSCCS1. The fourth-order valence-corrected chi connectivity index (χ4v) is 5.02. The molecule has 1 saturated heterocycles. The van der Waals surface area contributed by atoms with Gasteiger partial charge in [0.2, 0.25) is 0 Å². The summed E-state index contributed by atoms with van der Waals surface area (Å²) in [6, 6.07) is 5.81. The van der Waals surface area contributed by atoms with Crippen LogP contribution in [0.25, 0.3) is 0 Å². The normalized spacial score (nSPS) is 24.6. The van der Waals surface area contributed by atoms with E-state index in [1.54, 1.807) is 0 Å². The number of aliphatic hydroxyl groups excluding tert-OH is 1. The average molecular weight is 298 g/mol. The van der Waals surface area contributed by atoms with Gasteiger partial charge in [-0.25, -0.2) is 0 Å². The van der Waals surface area contributed by atoms with Gasteiger partial charge in [-0.3, -0.25) is 0 Å². The summed E-state index contributed by atoms with van der Waals surface area (Å²) in [5, 5.41) is 10.8. The Hall–Kier alpha value is -0.520. The summed E-state index contributed by atoms with van der Waals surface area (Å²) in [5.74, 6) is 4.88. The van der Waals surface area contributed by atoms with Crippen molar-refractivity contribution in [1.82, 2.24) is 0 Å². The van der Waals surface area contributed by atoms with Crippen LogP contribution in [-0.2, 0) is 0 Å². The summed E-state index contributed by atoms with van der Waals surface area (Å²) in [6.45, 7) is 1.38. The fraction of sp³-hybridized carbons (Fsp3) is 0.571. The zero-order valence-corrected chi connectivity index (χ0v) is 12.3. The molecule has 104 valence electrons. The van der Waals surface area contributed by atoms with Crippen LogP contribution in [0.15, 0.2) is 18.2 Å². The zero-order valence-electron chi connectivity index (χ0n) is 10.7. The van der Waals surface area contributed by atoms with E-state index < -0.39 is 6.10 Å². The third-order valence-corrected chi connectivity index (χ3v) is 6.16. The maximum Gasteiger partial charge on any atom is 0.161 e. The Morgan fingerprint density at radius 1 is 1.16 bits per heavy atom. The molecule has 0 saturated carbocycles. The molecule has 19 heavy (non-hydrogen) atoms. The van der Waals surface area contributed by atoms with E-state index in [2.05, 4.69) is 0 Å². The molecule has 0 spiro atoms. The van der Waals surface area contributed by atoms with Crippen molar-refractivity contribution in [2.45, 2.75) is 17.8 Å². The lowest BCUT2D eigenvalue weighted by atomic mass is 10.1. The lowest BCUT2D eigenvalue weighted by molar-refractivity contribution is 0.180. The van der Waals surface area contributed by atoms with Gasteiger partial charge < -0.3 is 14.6 Å². The van der Waals surface area contributed by atoms with Gasteiger partial charge in [0.15, 0.2) is 11.5 Å². The highest BCUT2D eigenvalue weighted by molar-refractivity contribution is 8.06. The van der Waals surface area contributed by atoms with Gasteiger partial charge in [0.05, 0.1) is 19.3 Å². The molecule has 3 nitrogen and oxygen atoms in total. The summed E-state index contributed by atoms with van der Waals surface area (Å²) < 4.78 is 11.3. The zero-order chi connectivity index (χ0) is 13.1. The van der Waals surface area contributed by atoms with Crippen LogP contribution in [0, 0.1) is 0 Å². The first-order chi connectivity index (χ1) is 9.34. The van der Waals surface area contributed by atoms with Crippen LogP contribution in [0.1, 0.15) is 18.1 Å². The van der Waals surface area contributed by atoms with Crippen molar-refractivity contribution < 1.29 is 14.6 Å².